The lowest BCUT2D eigenvalue weighted by Gasteiger charge is -2.30. The van der Waals surface area contributed by atoms with Gasteiger partial charge in [0, 0.05) is 5.57 Å². The second kappa shape index (κ2) is 7.30. The van der Waals surface area contributed by atoms with E-state index >= 15 is 0 Å². The zero-order chi connectivity index (χ0) is 18.6. The predicted molar refractivity (Wildman–Crippen MR) is 108 cm³/mol. The summed E-state index contributed by atoms with van der Waals surface area (Å²) >= 11 is 0. The molecule has 0 saturated heterocycles. The summed E-state index contributed by atoms with van der Waals surface area (Å²) in [6.07, 6.45) is 1.87. The molecule has 4 heteroatoms. The Kier molecular flexibility index (Phi) is 4.54. The summed E-state index contributed by atoms with van der Waals surface area (Å²) < 4.78 is 0. The molecular formula is C23H18N2O2. The third kappa shape index (κ3) is 3.51. The first kappa shape index (κ1) is 16.8. The van der Waals surface area contributed by atoms with Crippen molar-refractivity contribution in [3.63, 3.8) is 0 Å². The molecule has 0 radical (unpaired) electrons. The summed E-state index contributed by atoms with van der Waals surface area (Å²) in [6, 6.07) is 26.6. The Morgan fingerprint density at radius 3 is 2.22 bits per heavy atom. The quantitative estimate of drug-likeness (QED) is 0.566. The van der Waals surface area contributed by atoms with Crippen molar-refractivity contribution in [2.45, 2.75) is 0 Å². The molecular weight excluding hydrogens is 336 g/mol. The normalized spacial score (nSPS) is 13.7. The highest BCUT2D eigenvalue weighted by Crippen LogP contribution is 2.32. The van der Waals surface area contributed by atoms with E-state index in [2.05, 4.69) is 5.32 Å². The molecule has 27 heavy (non-hydrogen) atoms. The van der Waals surface area contributed by atoms with E-state index in [9.17, 15) is 9.59 Å². The molecule has 0 aliphatic carbocycles. The molecule has 1 aliphatic rings. The van der Waals surface area contributed by atoms with E-state index in [1.54, 1.807) is 6.07 Å². The minimum atomic E-state index is -0.202. The second-order valence-electron chi connectivity index (χ2n) is 6.29. The fraction of sp³-hybridized carbons (Fsp3) is 0.0435. The number of carbonyl (C=O) groups excluding carboxylic acids is 2. The smallest absolute Gasteiger partial charge is 0.259 e. The lowest BCUT2D eigenvalue weighted by molar-refractivity contribution is -0.118. The number of carbonyl (C=O) groups is 2. The molecule has 0 saturated carbocycles. The van der Waals surface area contributed by atoms with Gasteiger partial charge in [-0.15, -0.1) is 0 Å². The van der Waals surface area contributed by atoms with Gasteiger partial charge in [0.2, 0.25) is 5.91 Å². The van der Waals surface area contributed by atoms with E-state index in [-0.39, 0.29) is 18.4 Å². The van der Waals surface area contributed by atoms with E-state index in [4.69, 9.17) is 0 Å². The van der Waals surface area contributed by atoms with Crippen LogP contribution in [-0.4, -0.2) is 18.4 Å². The Bertz CT molecular complexity index is 1010. The maximum atomic E-state index is 13.5. The van der Waals surface area contributed by atoms with Gasteiger partial charge in [0.05, 0.1) is 11.4 Å². The van der Waals surface area contributed by atoms with Crippen molar-refractivity contribution in [1.29, 1.82) is 0 Å². The highest BCUT2D eigenvalue weighted by atomic mass is 16.2. The van der Waals surface area contributed by atoms with Crippen LogP contribution in [0.4, 0.5) is 11.4 Å². The first-order valence-electron chi connectivity index (χ1n) is 8.75. The topological polar surface area (TPSA) is 49.4 Å². The summed E-state index contributed by atoms with van der Waals surface area (Å²) in [7, 11) is 0. The van der Waals surface area contributed by atoms with Crippen LogP contribution in [0.25, 0.3) is 11.6 Å². The minimum Gasteiger partial charge on any atom is -0.323 e. The Morgan fingerprint density at radius 1 is 0.852 bits per heavy atom. The van der Waals surface area contributed by atoms with Gasteiger partial charge < -0.3 is 5.32 Å². The van der Waals surface area contributed by atoms with Crippen LogP contribution in [0.5, 0.6) is 0 Å². The largest absolute Gasteiger partial charge is 0.323 e. The molecule has 1 heterocycles. The fourth-order valence-electron chi connectivity index (χ4n) is 3.16. The zero-order valence-electron chi connectivity index (χ0n) is 14.6. The second-order valence-corrected chi connectivity index (χ2v) is 6.29. The third-order valence-electron chi connectivity index (χ3n) is 4.44. The molecule has 1 aliphatic heterocycles. The number of rotatable bonds is 3. The van der Waals surface area contributed by atoms with Crippen LogP contribution in [0, 0.1) is 0 Å². The summed E-state index contributed by atoms with van der Waals surface area (Å²) in [5.74, 6) is -0.401. The van der Waals surface area contributed by atoms with Crippen LogP contribution in [-0.2, 0) is 9.59 Å². The third-order valence-corrected chi connectivity index (χ3v) is 4.44. The van der Waals surface area contributed by atoms with Gasteiger partial charge in [0.25, 0.3) is 5.91 Å². The molecule has 3 aromatic rings. The van der Waals surface area contributed by atoms with E-state index in [0.717, 1.165) is 11.1 Å². The molecule has 0 spiro atoms. The van der Waals surface area contributed by atoms with Crippen LogP contribution in [0.3, 0.4) is 0 Å². The van der Waals surface area contributed by atoms with Gasteiger partial charge in [-0.25, -0.2) is 0 Å². The van der Waals surface area contributed by atoms with Crippen molar-refractivity contribution >= 4 is 34.8 Å². The predicted octanol–water partition coefficient (Wildman–Crippen LogP) is 4.21. The van der Waals surface area contributed by atoms with E-state index in [0.29, 0.717) is 16.9 Å². The van der Waals surface area contributed by atoms with Crippen molar-refractivity contribution in [2.24, 2.45) is 0 Å². The van der Waals surface area contributed by atoms with Crippen LogP contribution in [0.1, 0.15) is 11.1 Å². The van der Waals surface area contributed by atoms with Crippen LogP contribution >= 0.6 is 0 Å². The number of nitrogens with zero attached hydrogens (tertiary/aromatic N) is 1. The Morgan fingerprint density at radius 2 is 1.48 bits per heavy atom. The molecule has 0 atom stereocenters. The van der Waals surface area contributed by atoms with Crippen molar-refractivity contribution in [1.82, 2.24) is 0 Å². The fourth-order valence-corrected chi connectivity index (χ4v) is 3.16. The lowest BCUT2D eigenvalue weighted by atomic mass is 10.0. The van der Waals surface area contributed by atoms with Crippen LogP contribution in [0.15, 0.2) is 84.9 Å². The number of para-hydroxylation sites is 2. The number of amides is 2. The number of nitrogens with one attached hydrogen (secondary N) is 1. The van der Waals surface area contributed by atoms with Gasteiger partial charge in [-0.05, 0) is 29.3 Å². The standard InChI is InChI=1S/C23H18N2O2/c26-22-16-25(21-14-8-7-13-20(21)24-22)23(27)19(18-11-5-2-6-12-18)15-17-9-3-1-4-10-17/h1-15H,16H2,(H,24,26)/b19-15+. The molecule has 0 unspecified atom stereocenters. The molecule has 132 valence electrons. The minimum absolute atomic E-state index is 0.00515. The van der Waals surface area contributed by atoms with Crippen molar-refractivity contribution < 1.29 is 9.59 Å². The van der Waals surface area contributed by atoms with Crippen molar-refractivity contribution in [3.05, 3.63) is 96.1 Å². The first-order chi connectivity index (χ1) is 13.2. The average molecular weight is 354 g/mol. The molecule has 0 fully saturated rings. The highest BCUT2D eigenvalue weighted by molar-refractivity contribution is 6.32. The van der Waals surface area contributed by atoms with Crippen LogP contribution < -0.4 is 10.2 Å². The SMILES string of the molecule is O=C1CN(C(=O)/C(=C/c2ccccc2)c2ccccc2)c2ccccc2N1. The number of benzene rings is 3. The molecule has 0 aromatic heterocycles. The molecule has 4 rings (SSSR count). The summed E-state index contributed by atoms with van der Waals surface area (Å²) in [5, 5.41) is 2.82. The molecule has 1 N–H and O–H groups in total. The van der Waals surface area contributed by atoms with Crippen molar-refractivity contribution in [3.8, 4) is 0 Å². The molecule has 2 amide bonds. The van der Waals surface area contributed by atoms with Gasteiger partial charge in [0.15, 0.2) is 0 Å². The number of hydrogen-bond acceptors (Lipinski definition) is 2. The average Bonchev–Trinajstić information content (AvgIpc) is 2.72. The Hall–Kier alpha value is -3.66. The van der Waals surface area contributed by atoms with Crippen molar-refractivity contribution in [2.75, 3.05) is 16.8 Å². The molecule has 0 bridgehead atoms. The maximum absolute atomic E-state index is 13.5. The van der Waals surface area contributed by atoms with Gasteiger partial charge in [-0.1, -0.05) is 72.8 Å². The van der Waals surface area contributed by atoms with Crippen LogP contribution in [0.2, 0.25) is 0 Å². The number of hydrogen-bond donors (Lipinski definition) is 1. The summed E-state index contributed by atoms with van der Waals surface area (Å²) in [6.45, 7) is -0.00515. The number of anilines is 2. The zero-order valence-corrected chi connectivity index (χ0v) is 14.6. The number of fused-ring (bicyclic) bond motifs is 1. The highest BCUT2D eigenvalue weighted by Gasteiger charge is 2.29. The van der Waals surface area contributed by atoms with E-state index in [1.807, 2.05) is 84.9 Å². The Labute approximate surface area is 157 Å². The van der Waals surface area contributed by atoms with Gasteiger partial charge >= 0.3 is 0 Å². The van der Waals surface area contributed by atoms with Gasteiger partial charge in [0.1, 0.15) is 6.54 Å². The van der Waals surface area contributed by atoms with E-state index in [1.165, 1.54) is 4.90 Å². The first-order valence-corrected chi connectivity index (χ1v) is 8.75. The molecule has 4 nitrogen and oxygen atoms in total. The monoisotopic (exact) mass is 354 g/mol. The van der Waals surface area contributed by atoms with Gasteiger partial charge in [-0.2, -0.15) is 0 Å². The summed E-state index contributed by atoms with van der Waals surface area (Å²) in [5.41, 5.74) is 3.65. The Balaban J connectivity index is 1.80. The van der Waals surface area contributed by atoms with E-state index < -0.39 is 0 Å². The lowest BCUT2D eigenvalue weighted by Crippen LogP contribution is -2.42. The maximum Gasteiger partial charge on any atom is 0.259 e. The summed E-state index contributed by atoms with van der Waals surface area (Å²) in [4.78, 5) is 27.2. The van der Waals surface area contributed by atoms with Gasteiger partial charge in [-0.3, -0.25) is 14.5 Å². The molecule has 3 aromatic carbocycles.